The van der Waals surface area contributed by atoms with Crippen molar-refractivity contribution in [3.05, 3.63) is 99.7 Å². The van der Waals surface area contributed by atoms with Gasteiger partial charge in [-0.2, -0.15) is 0 Å². The Morgan fingerprint density at radius 3 is 2.48 bits per heavy atom. The maximum Gasteiger partial charge on any atom is 0.336 e. The highest BCUT2D eigenvalue weighted by atomic mass is 35.5. The van der Waals surface area contributed by atoms with Crippen LogP contribution in [-0.4, -0.2) is 16.9 Å². The van der Waals surface area contributed by atoms with E-state index in [1.54, 1.807) is 0 Å². The minimum absolute atomic E-state index is 0. The van der Waals surface area contributed by atoms with Crippen LogP contribution in [0.3, 0.4) is 0 Å². The second-order valence-electron chi connectivity index (χ2n) is 8.36. The number of fused-ring (bicyclic) bond motifs is 2. The van der Waals surface area contributed by atoms with Gasteiger partial charge in [0, 0.05) is 41.7 Å². The summed E-state index contributed by atoms with van der Waals surface area (Å²) in [5, 5.41) is 1.86. The highest BCUT2D eigenvalue weighted by molar-refractivity contribution is 5.95. The molecule has 168 valence electrons. The predicted octanol–water partition coefficient (Wildman–Crippen LogP) is 6.27. The lowest BCUT2D eigenvalue weighted by Crippen LogP contribution is -2.17. The van der Waals surface area contributed by atoms with E-state index in [2.05, 4.69) is 41.2 Å². The lowest BCUT2D eigenvalue weighted by molar-refractivity contribution is 0.320. The van der Waals surface area contributed by atoms with E-state index >= 15 is 0 Å². The number of aryl methyl sites for hydroxylation is 2. The summed E-state index contributed by atoms with van der Waals surface area (Å²) >= 11 is 0. The lowest BCUT2D eigenvalue weighted by atomic mass is 10.1. The van der Waals surface area contributed by atoms with Crippen LogP contribution >= 0.6 is 12.4 Å². The number of hydrogen-bond acceptors (Lipinski definition) is 5. The Labute approximate surface area is 198 Å². The molecule has 0 radical (unpaired) electrons. The molecule has 0 spiro atoms. The van der Waals surface area contributed by atoms with E-state index in [9.17, 15) is 4.79 Å². The molecule has 0 N–H and O–H groups in total. The molecule has 3 aromatic heterocycles. The number of benzene rings is 2. The fourth-order valence-corrected chi connectivity index (χ4v) is 4.18. The molecule has 3 heterocycles. The maximum atomic E-state index is 12.2. The van der Waals surface area contributed by atoms with E-state index < -0.39 is 5.63 Å². The third-order valence-corrected chi connectivity index (χ3v) is 5.72. The van der Waals surface area contributed by atoms with Gasteiger partial charge in [-0.25, -0.2) is 4.79 Å². The van der Waals surface area contributed by atoms with Crippen LogP contribution in [0.1, 0.15) is 22.4 Å². The average Bonchev–Trinajstić information content (AvgIpc) is 3.22. The first kappa shape index (κ1) is 22.8. The number of hydrogen-bond donors (Lipinski definition) is 0. The van der Waals surface area contributed by atoms with Crippen molar-refractivity contribution in [2.45, 2.75) is 26.9 Å². The standard InChI is InChI=1S/C27H24N2O3.ClH/c1-17-9-10-21-23(13-26(30)31-24(21)11-17)25-12-22-20(14-28-18(2)27(22)32-25)16-29(3)15-19-7-5-4-6-8-19;/h4-14H,15-16H2,1-3H3;1H. The minimum atomic E-state index is -0.392. The number of nitrogens with zero attached hydrogens (tertiary/aromatic N) is 2. The number of rotatable bonds is 5. The fourth-order valence-electron chi connectivity index (χ4n) is 4.18. The summed E-state index contributed by atoms with van der Waals surface area (Å²) in [6, 6.07) is 19.8. The highest BCUT2D eigenvalue weighted by Crippen LogP contribution is 2.34. The normalized spacial score (nSPS) is 11.3. The van der Waals surface area contributed by atoms with Gasteiger partial charge in [0.05, 0.1) is 5.69 Å². The van der Waals surface area contributed by atoms with Crippen molar-refractivity contribution in [1.82, 2.24) is 9.88 Å². The quantitative estimate of drug-likeness (QED) is 0.289. The smallest absolute Gasteiger partial charge is 0.336 e. The topological polar surface area (TPSA) is 59.5 Å². The van der Waals surface area contributed by atoms with Gasteiger partial charge in [-0.15, -0.1) is 12.4 Å². The number of pyridine rings is 1. The van der Waals surface area contributed by atoms with E-state index in [4.69, 9.17) is 8.83 Å². The molecule has 2 aromatic carbocycles. The predicted molar refractivity (Wildman–Crippen MR) is 134 cm³/mol. The van der Waals surface area contributed by atoms with Gasteiger partial charge in [-0.1, -0.05) is 42.5 Å². The summed E-state index contributed by atoms with van der Waals surface area (Å²) in [6.45, 7) is 5.48. The molecular weight excluding hydrogens is 436 g/mol. The molecule has 0 atom stereocenters. The van der Waals surface area contributed by atoms with Gasteiger partial charge < -0.3 is 8.83 Å². The number of furan rings is 1. The molecule has 33 heavy (non-hydrogen) atoms. The summed E-state index contributed by atoms with van der Waals surface area (Å²) in [7, 11) is 2.10. The van der Waals surface area contributed by atoms with Crippen LogP contribution in [0.15, 0.2) is 80.5 Å². The van der Waals surface area contributed by atoms with Gasteiger partial charge in [-0.3, -0.25) is 9.88 Å². The van der Waals surface area contributed by atoms with Crippen LogP contribution in [0.25, 0.3) is 33.3 Å². The summed E-state index contributed by atoms with van der Waals surface area (Å²) in [5.74, 6) is 0.643. The van der Waals surface area contributed by atoms with Crippen LogP contribution in [0.5, 0.6) is 0 Å². The zero-order chi connectivity index (χ0) is 22.2. The Hall–Kier alpha value is -3.41. The molecule has 5 rings (SSSR count). The summed E-state index contributed by atoms with van der Waals surface area (Å²) < 4.78 is 11.7. The SMILES string of the molecule is Cc1ccc2c(-c3cc4c(CN(C)Cc5ccccc5)cnc(C)c4o3)cc(=O)oc2c1.Cl. The minimum Gasteiger partial charge on any atom is -0.454 e. The Bertz CT molecular complexity index is 1490. The second-order valence-corrected chi connectivity index (χ2v) is 8.36. The molecule has 0 aliphatic rings. The van der Waals surface area contributed by atoms with Gasteiger partial charge in [-0.05, 0) is 49.7 Å². The summed E-state index contributed by atoms with van der Waals surface area (Å²) in [6.07, 6.45) is 1.92. The van der Waals surface area contributed by atoms with Gasteiger partial charge in [0.1, 0.15) is 11.3 Å². The van der Waals surface area contributed by atoms with Crippen molar-refractivity contribution < 1.29 is 8.83 Å². The fraction of sp³-hybridized carbons (Fsp3) is 0.185. The number of halogens is 1. The van der Waals surface area contributed by atoms with Gasteiger partial charge in [0.25, 0.3) is 0 Å². The van der Waals surface area contributed by atoms with Crippen molar-refractivity contribution in [3.8, 4) is 11.3 Å². The van der Waals surface area contributed by atoms with Crippen LogP contribution in [-0.2, 0) is 13.1 Å². The van der Waals surface area contributed by atoms with E-state index in [0.29, 0.717) is 11.3 Å². The molecule has 0 saturated carbocycles. The molecule has 5 aromatic rings. The van der Waals surface area contributed by atoms with E-state index in [1.807, 2.05) is 50.4 Å². The second kappa shape index (κ2) is 9.22. The molecular formula is C27H25ClN2O3. The highest BCUT2D eigenvalue weighted by Gasteiger charge is 2.17. The Balaban J connectivity index is 0.00000259. The molecule has 5 nitrogen and oxygen atoms in total. The maximum absolute atomic E-state index is 12.2. The molecule has 0 bridgehead atoms. The zero-order valence-electron chi connectivity index (χ0n) is 18.8. The monoisotopic (exact) mass is 460 g/mol. The number of aromatic nitrogens is 1. The first-order chi connectivity index (χ1) is 15.5. The molecule has 0 aliphatic heterocycles. The molecule has 0 saturated heterocycles. The van der Waals surface area contributed by atoms with Crippen molar-refractivity contribution in [2.75, 3.05) is 7.05 Å². The van der Waals surface area contributed by atoms with Crippen LogP contribution < -0.4 is 5.63 Å². The molecule has 6 heteroatoms. The Morgan fingerprint density at radius 2 is 1.70 bits per heavy atom. The first-order valence-corrected chi connectivity index (χ1v) is 10.6. The first-order valence-electron chi connectivity index (χ1n) is 10.6. The van der Waals surface area contributed by atoms with Gasteiger partial charge in [0.15, 0.2) is 5.58 Å². The van der Waals surface area contributed by atoms with Crippen molar-refractivity contribution in [1.29, 1.82) is 0 Å². The van der Waals surface area contributed by atoms with Crippen LogP contribution in [0.4, 0.5) is 0 Å². The van der Waals surface area contributed by atoms with Crippen molar-refractivity contribution >= 4 is 34.3 Å². The van der Waals surface area contributed by atoms with Crippen molar-refractivity contribution in [3.63, 3.8) is 0 Å². The van der Waals surface area contributed by atoms with Crippen LogP contribution in [0.2, 0.25) is 0 Å². The van der Waals surface area contributed by atoms with Crippen molar-refractivity contribution in [2.24, 2.45) is 0 Å². The Morgan fingerprint density at radius 1 is 0.909 bits per heavy atom. The average molecular weight is 461 g/mol. The van der Waals surface area contributed by atoms with E-state index in [1.165, 1.54) is 11.6 Å². The van der Waals surface area contributed by atoms with Gasteiger partial charge >= 0.3 is 5.63 Å². The van der Waals surface area contributed by atoms with Crippen LogP contribution in [0, 0.1) is 13.8 Å². The molecule has 0 amide bonds. The third-order valence-electron chi connectivity index (χ3n) is 5.72. The Kier molecular flexibility index (Phi) is 6.36. The lowest BCUT2D eigenvalue weighted by Gasteiger charge is -2.17. The molecule has 0 unspecified atom stereocenters. The summed E-state index contributed by atoms with van der Waals surface area (Å²) in [4.78, 5) is 19.0. The van der Waals surface area contributed by atoms with E-state index in [0.717, 1.165) is 51.8 Å². The molecule has 0 aliphatic carbocycles. The molecule has 0 fully saturated rings. The zero-order valence-corrected chi connectivity index (χ0v) is 19.6. The third kappa shape index (κ3) is 4.56. The van der Waals surface area contributed by atoms with Gasteiger partial charge in [0.2, 0.25) is 0 Å². The largest absolute Gasteiger partial charge is 0.454 e. The van der Waals surface area contributed by atoms with E-state index in [-0.39, 0.29) is 12.4 Å². The summed E-state index contributed by atoms with van der Waals surface area (Å²) in [5.41, 5.74) is 5.85.